The Morgan fingerprint density at radius 3 is 2.45 bits per heavy atom. The molecule has 0 radical (unpaired) electrons. The van der Waals surface area contributed by atoms with Crippen LogP contribution in [0.5, 0.6) is 5.75 Å². The van der Waals surface area contributed by atoms with Crippen molar-refractivity contribution in [2.24, 2.45) is 0 Å². The number of anilines is 1. The van der Waals surface area contributed by atoms with Gasteiger partial charge in [-0.3, -0.25) is 14.9 Å². The van der Waals surface area contributed by atoms with Crippen molar-refractivity contribution in [2.45, 2.75) is 0 Å². The second kappa shape index (κ2) is 5.35. The van der Waals surface area contributed by atoms with Gasteiger partial charge in [-0.05, 0) is 36.4 Å². The third kappa shape index (κ3) is 2.89. The van der Waals surface area contributed by atoms with Crippen LogP contribution in [0.3, 0.4) is 0 Å². The highest BCUT2D eigenvalue weighted by Gasteiger charge is 2.17. The van der Waals surface area contributed by atoms with Gasteiger partial charge in [-0.1, -0.05) is 0 Å². The van der Waals surface area contributed by atoms with E-state index in [1.165, 1.54) is 24.3 Å². The minimum Gasteiger partial charge on any atom is -0.508 e. The number of phenols is 1. The van der Waals surface area contributed by atoms with Crippen molar-refractivity contribution in [2.75, 3.05) is 5.32 Å². The number of hydrogen-bond donors (Lipinski definition) is 2. The molecule has 0 heterocycles. The third-order valence-electron chi connectivity index (χ3n) is 2.53. The molecule has 102 valence electrons. The molecule has 0 aromatic heterocycles. The van der Waals surface area contributed by atoms with E-state index < -0.39 is 22.3 Å². The minimum atomic E-state index is -0.782. The number of aromatic hydroxyl groups is 1. The second-order valence-electron chi connectivity index (χ2n) is 3.92. The molecule has 1 amide bonds. The summed E-state index contributed by atoms with van der Waals surface area (Å²) in [4.78, 5) is 21.9. The Kier molecular flexibility index (Phi) is 3.60. The maximum Gasteiger partial charge on any atom is 0.295 e. The SMILES string of the molecule is O=C(Nc1ccc(F)cc1[N+](=O)[O-])c1ccc(O)cc1. The zero-order chi connectivity index (χ0) is 14.7. The Morgan fingerprint density at radius 1 is 1.20 bits per heavy atom. The first-order valence-electron chi connectivity index (χ1n) is 5.51. The number of rotatable bonds is 3. The first-order valence-corrected chi connectivity index (χ1v) is 5.51. The number of benzene rings is 2. The van der Waals surface area contributed by atoms with E-state index in [4.69, 9.17) is 5.11 Å². The third-order valence-corrected chi connectivity index (χ3v) is 2.53. The minimum absolute atomic E-state index is 0.00527. The lowest BCUT2D eigenvalue weighted by Crippen LogP contribution is -2.13. The fourth-order valence-corrected chi connectivity index (χ4v) is 1.57. The number of hydrogen-bond acceptors (Lipinski definition) is 4. The monoisotopic (exact) mass is 276 g/mol. The van der Waals surface area contributed by atoms with Gasteiger partial charge in [-0.2, -0.15) is 0 Å². The lowest BCUT2D eigenvalue weighted by molar-refractivity contribution is -0.384. The molecule has 2 rings (SSSR count). The number of nitrogens with zero attached hydrogens (tertiary/aromatic N) is 1. The number of nitro groups is 1. The topological polar surface area (TPSA) is 92.5 Å². The summed E-state index contributed by atoms with van der Waals surface area (Å²) in [6.07, 6.45) is 0. The average molecular weight is 276 g/mol. The van der Waals surface area contributed by atoms with Crippen LogP contribution in [0.15, 0.2) is 42.5 Å². The summed E-state index contributed by atoms with van der Waals surface area (Å²) in [6.45, 7) is 0. The first kappa shape index (κ1) is 13.5. The molecule has 6 nitrogen and oxygen atoms in total. The molecule has 0 aliphatic carbocycles. The molecule has 2 N–H and O–H groups in total. The maximum absolute atomic E-state index is 13.0. The van der Waals surface area contributed by atoms with Crippen molar-refractivity contribution < 1.29 is 19.2 Å². The number of nitro benzene ring substituents is 1. The highest BCUT2D eigenvalue weighted by Crippen LogP contribution is 2.25. The molecule has 7 heteroatoms. The predicted octanol–water partition coefficient (Wildman–Crippen LogP) is 2.69. The second-order valence-corrected chi connectivity index (χ2v) is 3.92. The smallest absolute Gasteiger partial charge is 0.295 e. The van der Waals surface area contributed by atoms with Gasteiger partial charge in [0.25, 0.3) is 11.6 Å². The van der Waals surface area contributed by atoms with E-state index in [1.807, 2.05) is 0 Å². The summed E-state index contributed by atoms with van der Waals surface area (Å²) >= 11 is 0. The molecule has 0 aliphatic rings. The molecule has 0 atom stereocenters. The van der Waals surface area contributed by atoms with Crippen LogP contribution in [0, 0.1) is 15.9 Å². The fraction of sp³-hybridized carbons (Fsp3) is 0. The van der Waals surface area contributed by atoms with E-state index in [0.29, 0.717) is 0 Å². The van der Waals surface area contributed by atoms with Crippen LogP contribution in [0.4, 0.5) is 15.8 Å². The van der Waals surface area contributed by atoms with Gasteiger partial charge in [-0.15, -0.1) is 0 Å². The summed E-state index contributed by atoms with van der Waals surface area (Å²) in [5.74, 6) is -1.37. The van der Waals surface area contributed by atoms with Gasteiger partial charge < -0.3 is 10.4 Å². The van der Waals surface area contributed by atoms with Gasteiger partial charge in [0.15, 0.2) is 0 Å². The van der Waals surface area contributed by atoms with Crippen LogP contribution in [0.2, 0.25) is 0 Å². The van der Waals surface area contributed by atoms with Crippen LogP contribution in [-0.4, -0.2) is 15.9 Å². The number of amides is 1. The van der Waals surface area contributed by atoms with E-state index in [9.17, 15) is 19.3 Å². The van der Waals surface area contributed by atoms with Crippen molar-refractivity contribution in [3.8, 4) is 5.75 Å². The molecule has 0 fully saturated rings. The number of halogens is 1. The molecular weight excluding hydrogens is 267 g/mol. The van der Waals surface area contributed by atoms with Gasteiger partial charge in [0.2, 0.25) is 0 Å². The van der Waals surface area contributed by atoms with E-state index >= 15 is 0 Å². The normalized spacial score (nSPS) is 10.1. The van der Waals surface area contributed by atoms with Crippen molar-refractivity contribution in [1.29, 1.82) is 0 Å². The largest absolute Gasteiger partial charge is 0.508 e. The lowest BCUT2D eigenvalue weighted by atomic mass is 10.2. The van der Waals surface area contributed by atoms with Crippen LogP contribution >= 0.6 is 0 Å². The van der Waals surface area contributed by atoms with Crippen LogP contribution in [0.1, 0.15) is 10.4 Å². The van der Waals surface area contributed by atoms with Gasteiger partial charge in [0.05, 0.1) is 11.0 Å². The summed E-state index contributed by atoms with van der Waals surface area (Å²) < 4.78 is 13.0. The quantitative estimate of drug-likeness (QED) is 0.665. The van der Waals surface area contributed by atoms with E-state index in [2.05, 4.69) is 5.32 Å². The predicted molar refractivity (Wildman–Crippen MR) is 69.1 cm³/mol. The number of carbonyl (C=O) groups is 1. The van der Waals surface area contributed by atoms with Crippen molar-refractivity contribution in [3.63, 3.8) is 0 Å². The molecule has 0 saturated heterocycles. The maximum atomic E-state index is 13.0. The molecule has 0 saturated carbocycles. The molecule has 0 unspecified atom stereocenters. The molecule has 0 spiro atoms. The molecule has 0 bridgehead atoms. The Bertz CT molecular complexity index is 671. The fourth-order valence-electron chi connectivity index (χ4n) is 1.57. The Morgan fingerprint density at radius 2 is 1.85 bits per heavy atom. The Balaban J connectivity index is 2.28. The zero-order valence-electron chi connectivity index (χ0n) is 10.0. The Labute approximate surface area is 112 Å². The van der Waals surface area contributed by atoms with E-state index in [-0.39, 0.29) is 17.0 Å². The lowest BCUT2D eigenvalue weighted by Gasteiger charge is -2.06. The number of nitrogens with one attached hydrogen (secondary N) is 1. The van der Waals surface area contributed by atoms with E-state index in [0.717, 1.165) is 18.2 Å². The Hall–Kier alpha value is -2.96. The van der Waals surface area contributed by atoms with Crippen molar-refractivity contribution in [1.82, 2.24) is 0 Å². The summed E-state index contributed by atoms with van der Waals surface area (Å²) in [7, 11) is 0. The van der Waals surface area contributed by atoms with E-state index in [1.54, 1.807) is 0 Å². The summed E-state index contributed by atoms with van der Waals surface area (Å²) in [5.41, 5.74) is -0.423. The van der Waals surface area contributed by atoms with Gasteiger partial charge in [0.1, 0.15) is 17.3 Å². The number of carbonyl (C=O) groups excluding carboxylic acids is 1. The van der Waals surface area contributed by atoms with Crippen molar-refractivity contribution in [3.05, 3.63) is 64.0 Å². The summed E-state index contributed by atoms with van der Waals surface area (Å²) in [5, 5.41) is 22.2. The highest BCUT2D eigenvalue weighted by atomic mass is 19.1. The molecular formula is C13H9FN2O4. The van der Waals surface area contributed by atoms with Crippen LogP contribution in [0.25, 0.3) is 0 Å². The molecule has 2 aromatic rings. The van der Waals surface area contributed by atoms with Gasteiger partial charge >= 0.3 is 0 Å². The van der Waals surface area contributed by atoms with Crippen molar-refractivity contribution >= 4 is 17.3 Å². The highest BCUT2D eigenvalue weighted by molar-refractivity contribution is 6.05. The van der Waals surface area contributed by atoms with Gasteiger partial charge in [0, 0.05) is 5.56 Å². The van der Waals surface area contributed by atoms with Crippen LogP contribution < -0.4 is 5.32 Å². The molecule has 2 aromatic carbocycles. The average Bonchev–Trinajstić information content (AvgIpc) is 2.41. The first-order chi connectivity index (χ1) is 9.47. The van der Waals surface area contributed by atoms with Gasteiger partial charge in [-0.25, -0.2) is 4.39 Å². The standard InChI is InChI=1S/C13H9FN2O4/c14-9-3-6-11(12(7-9)16(19)20)15-13(18)8-1-4-10(17)5-2-8/h1-7,17H,(H,15,18). The molecule has 0 aliphatic heterocycles. The zero-order valence-corrected chi connectivity index (χ0v) is 10.0. The summed E-state index contributed by atoms with van der Waals surface area (Å²) in [6, 6.07) is 8.21. The molecule has 20 heavy (non-hydrogen) atoms. The number of phenolic OH excluding ortho intramolecular Hbond substituents is 1. The van der Waals surface area contributed by atoms with Crippen LogP contribution in [-0.2, 0) is 0 Å².